The minimum atomic E-state index is -0.421. The number of aromatic nitrogens is 2. The van der Waals surface area contributed by atoms with E-state index in [1.165, 1.54) is 0 Å². The Kier molecular flexibility index (Phi) is 5.38. The Balaban J connectivity index is 1.76. The van der Waals surface area contributed by atoms with Crippen molar-refractivity contribution in [2.24, 2.45) is 4.99 Å². The zero-order valence-electron chi connectivity index (χ0n) is 17.8. The van der Waals surface area contributed by atoms with E-state index in [0.29, 0.717) is 41.1 Å². The number of aryl methyl sites for hydroxylation is 1. The molecule has 0 saturated heterocycles. The summed E-state index contributed by atoms with van der Waals surface area (Å²) in [5.74, 6) is -0.197. The summed E-state index contributed by atoms with van der Waals surface area (Å²) in [4.78, 5) is 33.3. The van der Waals surface area contributed by atoms with Crippen LogP contribution >= 0.6 is 12.2 Å². The Morgan fingerprint density at radius 3 is 2.64 bits per heavy atom. The number of nitrogens with one attached hydrogen (secondary N) is 2. The maximum absolute atomic E-state index is 13.1. The third kappa shape index (κ3) is 3.46. The number of carbonyl (C=O) groups is 2. The average Bonchev–Trinajstić information content (AvgIpc) is 3.49. The van der Waals surface area contributed by atoms with Crippen LogP contribution in [0.3, 0.4) is 0 Å². The molecular formula is C25H20N4O3S. The zero-order chi connectivity index (χ0) is 22.9. The number of nitrogens with zero attached hydrogens (tertiary/aromatic N) is 2. The van der Waals surface area contributed by atoms with Crippen LogP contribution in [0.15, 0.2) is 59.9 Å². The normalized spacial score (nSPS) is 13.6. The van der Waals surface area contributed by atoms with Gasteiger partial charge < -0.3 is 14.3 Å². The van der Waals surface area contributed by atoms with Crippen molar-refractivity contribution in [2.75, 3.05) is 13.7 Å². The molecule has 3 heterocycles. The SMILES string of the molecule is COc1cccc2c1c(C1=C(c3c[nH]c4ccccc34)C(=O)NC1=O)cn2CCCN=C=S. The molecule has 0 saturated carbocycles. The Bertz CT molecular complexity index is 1500. The third-order valence-electron chi connectivity index (χ3n) is 5.88. The molecule has 8 heteroatoms. The van der Waals surface area contributed by atoms with Crippen molar-refractivity contribution in [2.45, 2.75) is 13.0 Å². The van der Waals surface area contributed by atoms with Gasteiger partial charge in [0.1, 0.15) is 5.75 Å². The second-order valence-corrected chi connectivity index (χ2v) is 7.88. The van der Waals surface area contributed by atoms with Crippen LogP contribution in [0, 0.1) is 0 Å². The van der Waals surface area contributed by atoms with Crippen LogP contribution in [0.1, 0.15) is 17.5 Å². The summed E-state index contributed by atoms with van der Waals surface area (Å²) in [6, 6.07) is 13.4. The summed E-state index contributed by atoms with van der Waals surface area (Å²) in [6.45, 7) is 1.22. The highest BCUT2D eigenvalue weighted by molar-refractivity contribution is 7.78. The predicted molar refractivity (Wildman–Crippen MR) is 131 cm³/mol. The van der Waals surface area contributed by atoms with Gasteiger partial charge in [-0.05, 0) is 36.8 Å². The van der Waals surface area contributed by atoms with E-state index in [4.69, 9.17) is 4.74 Å². The van der Waals surface area contributed by atoms with Gasteiger partial charge in [-0.25, -0.2) is 4.99 Å². The summed E-state index contributed by atoms with van der Waals surface area (Å²) < 4.78 is 7.70. The van der Waals surface area contributed by atoms with Gasteiger partial charge in [0.05, 0.1) is 35.5 Å². The topological polar surface area (TPSA) is 88.5 Å². The molecule has 2 aromatic carbocycles. The number of methoxy groups -OCH3 is 1. The summed E-state index contributed by atoms with van der Waals surface area (Å²) in [5, 5.41) is 6.54. The fourth-order valence-electron chi connectivity index (χ4n) is 4.48. The first-order valence-electron chi connectivity index (χ1n) is 10.5. The zero-order valence-corrected chi connectivity index (χ0v) is 18.7. The smallest absolute Gasteiger partial charge is 0.259 e. The lowest BCUT2D eigenvalue weighted by Crippen LogP contribution is -2.22. The number of aliphatic imine (C=N–C) groups is 1. The lowest BCUT2D eigenvalue weighted by Gasteiger charge is -2.07. The number of imide groups is 1. The van der Waals surface area contributed by atoms with Gasteiger partial charge in [0.25, 0.3) is 11.8 Å². The number of aromatic amines is 1. The number of rotatable bonds is 7. The molecule has 1 aliphatic heterocycles. The van der Waals surface area contributed by atoms with Crippen molar-refractivity contribution in [3.05, 3.63) is 66.0 Å². The molecule has 2 N–H and O–H groups in total. The van der Waals surface area contributed by atoms with Gasteiger partial charge >= 0.3 is 0 Å². The quantitative estimate of drug-likeness (QED) is 0.189. The summed E-state index contributed by atoms with van der Waals surface area (Å²) >= 11 is 4.65. The number of isothiocyanates is 1. The second-order valence-electron chi connectivity index (χ2n) is 7.70. The molecule has 0 radical (unpaired) electrons. The lowest BCUT2D eigenvalue weighted by molar-refractivity contribution is -0.122. The first-order chi connectivity index (χ1) is 16.1. The Labute approximate surface area is 194 Å². The van der Waals surface area contributed by atoms with E-state index < -0.39 is 11.8 Å². The molecule has 0 fully saturated rings. The van der Waals surface area contributed by atoms with Crippen molar-refractivity contribution in [3.8, 4) is 5.75 Å². The van der Waals surface area contributed by atoms with Crippen LogP contribution < -0.4 is 10.1 Å². The standard InChI is InChI=1S/C25H20N4O3S/c1-32-20-9-4-8-19-21(20)17(13-29(19)11-5-10-26-14-33)23-22(24(30)28-25(23)31)16-12-27-18-7-3-2-6-15(16)18/h2-4,6-9,12-13,27H,5,10-11H2,1H3,(H,28,30,31). The van der Waals surface area contributed by atoms with Gasteiger partial charge in [-0.15, -0.1) is 0 Å². The van der Waals surface area contributed by atoms with Gasteiger partial charge in [-0.1, -0.05) is 24.3 Å². The molecule has 0 unspecified atom stereocenters. The number of para-hydroxylation sites is 1. The number of H-pyrrole nitrogens is 1. The van der Waals surface area contributed by atoms with E-state index >= 15 is 0 Å². The number of carbonyl (C=O) groups excluding carboxylic acids is 2. The van der Waals surface area contributed by atoms with Gasteiger partial charge in [0, 0.05) is 46.4 Å². The fraction of sp³-hybridized carbons (Fsp3) is 0.160. The number of ether oxygens (including phenoxy) is 1. The van der Waals surface area contributed by atoms with E-state index in [1.54, 1.807) is 13.3 Å². The van der Waals surface area contributed by atoms with Gasteiger partial charge in [0.2, 0.25) is 0 Å². The maximum Gasteiger partial charge on any atom is 0.259 e. The highest BCUT2D eigenvalue weighted by Gasteiger charge is 2.35. The van der Waals surface area contributed by atoms with Crippen LogP contribution in [0.5, 0.6) is 5.75 Å². The summed E-state index contributed by atoms with van der Waals surface area (Å²) in [5.41, 5.74) is 3.85. The Hall–Kier alpha value is -4.00. The van der Waals surface area contributed by atoms with Crippen LogP contribution in [-0.2, 0) is 16.1 Å². The van der Waals surface area contributed by atoms with Crippen molar-refractivity contribution in [1.29, 1.82) is 0 Å². The first kappa shape index (κ1) is 20.9. The van der Waals surface area contributed by atoms with Crippen LogP contribution in [0.4, 0.5) is 0 Å². The number of benzene rings is 2. The molecule has 5 rings (SSSR count). The minimum absolute atomic E-state index is 0.343. The Morgan fingerprint density at radius 1 is 1.06 bits per heavy atom. The number of amides is 2. The van der Waals surface area contributed by atoms with E-state index in [2.05, 4.69) is 37.2 Å². The van der Waals surface area contributed by atoms with Crippen LogP contribution in [-0.4, -0.2) is 40.2 Å². The molecule has 2 amide bonds. The largest absolute Gasteiger partial charge is 0.496 e. The molecular weight excluding hydrogens is 436 g/mol. The molecule has 33 heavy (non-hydrogen) atoms. The van der Waals surface area contributed by atoms with Gasteiger partial charge in [0.15, 0.2) is 0 Å². The van der Waals surface area contributed by atoms with E-state index in [9.17, 15) is 9.59 Å². The molecule has 1 aliphatic rings. The van der Waals surface area contributed by atoms with Gasteiger partial charge in [-0.2, -0.15) is 0 Å². The summed E-state index contributed by atoms with van der Waals surface area (Å²) in [7, 11) is 1.60. The molecule has 164 valence electrons. The van der Waals surface area contributed by atoms with Crippen LogP contribution in [0.2, 0.25) is 0 Å². The number of hydrogen-bond donors (Lipinski definition) is 2. The van der Waals surface area contributed by atoms with Crippen molar-refractivity contribution >= 4 is 62.1 Å². The monoisotopic (exact) mass is 456 g/mol. The van der Waals surface area contributed by atoms with Crippen LogP contribution in [0.25, 0.3) is 33.0 Å². The highest BCUT2D eigenvalue weighted by Crippen LogP contribution is 2.41. The van der Waals surface area contributed by atoms with Crippen molar-refractivity contribution in [3.63, 3.8) is 0 Å². The number of hydrogen-bond acceptors (Lipinski definition) is 5. The third-order valence-corrected chi connectivity index (χ3v) is 6.01. The summed E-state index contributed by atoms with van der Waals surface area (Å²) in [6.07, 6.45) is 4.44. The minimum Gasteiger partial charge on any atom is -0.496 e. The second kappa shape index (κ2) is 8.50. The van der Waals surface area contributed by atoms with E-state index in [-0.39, 0.29) is 0 Å². The van der Waals surface area contributed by atoms with Gasteiger partial charge in [-0.3, -0.25) is 14.9 Å². The lowest BCUT2D eigenvalue weighted by atomic mass is 9.95. The molecule has 0 aliphatic carbocycles. The first-order valence-corrected chi connectivity index (χ1v) is 10.9. The Morgan fingerprint density at radius 2 is 1.85 bits per heavy atom. The fourth-order valence-corrected chi connectivity index (χ4v) is 4.57. The molecule has 0 spiro atoms. The van der Waals surface area contributed by atoms with E-state index in [0.717, 1.165) is 28.2 Å². The maximum atomic E-state index is 13.1. The molecule has 0 bridgehead atoms. The van der Waals surface area contributed by atoms with Crippen molar-refractivity contribution in [1.82, 2.24) is 14.9 Å². The average molecular weight is 457 g/mol. The van der Waals surface area contributed by atoms with Crippen molar-refractivity contribution < 1.29 is 14.3 Å². The molecule has 2 aromatic heterocycles. The number of fused-ring (bicyclic) bond motifs is 2. The highest BCUT2D eigenvalue weighted by atomic mass is 32.1. The molecule has 7 nitrogen and oxygen atoms in total. The molecule has 0 atom stereocenters. The predicted octanol–water partition coefficient (Wildman–Crippen LogP) is 4.19. The molecule has 4 aromatic rings. The number of thiocarbonyl (C=S) groups is 1. The van der Waals surface area contributed by atoms with E-state index in [1.807, 2.05) is 48.7 Å².